The summed E-state index contributed by atoms with van der Waals surface area (Å²) in [5.74, 6) is 0.0208. The Bertz CT molecular complexity index is 542. The molecule has 0 saturated heterocycles. The minimum atomic E-state index is -0.232. The molecule has 3 heteroatoms. The van der Waals surface area contributed by atoms with Gasteiger partial charge in [-0.2, -0.15) is 0 Å². The first-order valence-electron chi connectivity index (χ1n) is 5.74. The van der Waals surface area contributed by atoms with E-state index >= 15 is 0 Å². The minimum Gasteiger partial charge on any atom is -0.361 e. The molecule has 0 amide bonds. The topological polar surface area (TPSA) is 39.6 Å². The number of hydrogen-bond donors (Lipinski definition) is 2. The molecule has 1 atom stereocenters. The van der Waals surface area contributed by atoms with Gasteiger partial charge in [0.05, 0.1) is 0 Å². The van der Waals surface area contributed by atoms with E-state index in [0.29, 0.717) is 18.6 Å². The van der Waals surface area contributed by atoms with Gasteiger partial charge in [-0.15, -0.1) is 0 Å². The van der Waals surface area contributed by atoms with Crippen LogP contribution in [-0.2, 0) is 0 Å². The molecule has 0 aliphatic heterocycles. The number of rotatable bonds is 4. The Hall–Kier alpha value is -1.64. The minimum absolute atomic E-state index is 0.232. The second-order valence-electron chi connectivity index (χ2n) is 4.39. The summed E-state index contributed by atoms with van der Waals surface area (Å²) in [7, 11) is 0. The molecule has 0 aliphatic carbocycles. The number of aromatic nitrogens is 1. The number of aromatic amines is 1. The van der Waals surface area contributed by atoms with E-state index in [1.807, 2.05) is 6.20 Å². The molecule has 0 saturated carbocycles. The van der Waals surface area contributed by atoms with Crippen LogP contribution >= 0.6 is 0 Å². The first-order valence-corrected chi connectivity index (χ1v) is 5.74. The van der Waals surface area contributed by atoms with E-state index in [1.54, 1.807) is 6.07 Å². The van der Waals surface area contributed by atoms with E-state index in [9.17, 15) is 4.39 Å². The van der Waals surface area contributed by atoms with Crippen LogP contribution < -0.4 is 0 Å². The smallest absolute Gasteiger partial charge is 0.125 e. The fraction of sp³-hybridized carbons (Fsp3) is 0.286. The highest BCUT2D eigenvalue weighted by atomic mass is 19.1. The summed E-state index contributed by atoms with van der Waals surface area (Å²) in [4.78, 5) is 3.08. The van der Waals surface area contributed by atoms with E-state index < -0.39 is 0 Å². The van der Waals surface area contributed by atoms with Gasteiger partial charge in [0, 0.05) is 22.8 Å². The zero-order valence-corrected chi connectivity index (χ0v) is 9.89. The number of H-pyrrole nitrogens is 1. The van der Waals surface area contributed by atoms with E-state index in [4.69, 9.17) is 5.41 Å². The Labute approximate surface area is 100 Å². The van der Waals surface area contributed by atoms with Crippen LogP contribution in [0, 0.1) is 18.2 Å². The van der Waals surface area contributed by atoms with Crippen molar-refractivity contribution in [2.24, 2.45) is 0 Å². The molecule has 17 heavy (non-hydrogen) atoms. The maximum absolute atomic E-state index is 13.0. The lowest BCUT2D eigenvalue weighted by Gasteiger charge is -2.10. The van der Waals surface area contributed by atoms with Gasteiger partial charge in [-0.05, 0) is 49.4 Å². The SMILES string of the molecule is [CH2]CC(=N)CC(C)c1c[nH]c2cc(F)ccc12. The third kappa shape index (κ3) is 2.38. The summed E-state index contributed by atoms with van der Waals surface area (Å²) >= 11 is 0. The molecule has 0 spiro atoms. The van der Waals surface area contributed by atoms with E-state index in [-0.39, 0.29) is 11.7 Å². The van der Waals surface area contributed by atoms with Crippen LogP contribution in [0.15, 0.2) is 24.4 Å². The third-order valence-corrected chi connectivity index (χ3v) is 3.06. The zero-order valence-electron chi connectivity index (χ0n) is 9.89. The molecule has 2 N–H and O–H groups in total. The van der Waals surface area contributed by atoms with Crippen molar-refractivity contribution in [2.75, 3.05) is 0 Å². The normalized spacial score (nSPS) is 12.9. The highest BCUT2D eigenvalue weighted by Gasteiger charge is 2.12. The summed E-state index contributed by atoms with van der Waals surface area (Å²) in [6, 6.07) is 4.76. The van der Waals surface area contributed by atoms with Crippen molar-refractivity contribution in [3.8, 4) is 0 Å². The first kappa shape index (κ1) is 11.8. The van der Waals surface area contributed by atoms with E-state index in [2.05, 4.69) is 18.8 Å². The molecule has 1 aromatic heterocycles. The van der Waals surface area contributed by atoms with Crippen molar-refractivity contribution >= 4 is 16.6 Å². The van der Waals surface area contributed by atoms with Crippen LogP contribution in [0.2, 0.25) is 0 Å². The second-order valence-corrected chi connectivity index (χ2v) is 4.39. The molecule has 1 aromatic carbocycles. The van der Waals surface area contributed by atoms with Gasteiger partial charge < -0.3 is 10.4 Å². The van der Waals surface area contributed by atoms with Crippen molar-refractivity contribution in [2.45, 2.75) is 25.7 Å². The van der Waals surface area contributed by atoms with Crippen LogP contribution in [0.1, 0.15) is 31.2 Å². The Morgan fingerprint density at radius 3 is 3.00 bits per heavy atom. The number of halogens is 1. The summed E-state index contributed by atoms with van der Waals surface area (Å²) in [6.45, 7) is 5.79. The van der Waals surface area contributed by atoms with Crippen LogP contribution in [0.5, 0.6) is 0 Å². The Morgan fingerprint density at radius 1 is 1.53 bits per heavy atom. The van der Waals surface area contributed by atoms with Crippen molar-refractivity contribution in [1.82, 2.24) is 4.98 Å². The molecule has 1 heterocycles. The van der Waals surface area contributed by atoms with Gasteiger partial charge in [0.15, 0.2) is 0 Å². The molecule has 0 aliphatic rings. The molecule has 0 bridgehead atoms. The fourth-order valence-electron chi connectivity index (χ4n) is 2.11. The van der Waals surface area contributed by atoms with E-state index in [0.717, 1.165) is 16.5 Å². The first-order chi connectivity index (χ1) is 8.11. The lowest BCUT2D eigenvalue weighted by molar-refractivity contribution is 0.629. The fourth-order valence-corrected chi connectivity index (χ4v) is 2.11. The van der Waals surface area contributed by atoms with Crippen molar-refractivity contribution in [3.63, 3.8) is 0 Å². The van der Waals surface area contributed by atoms with Crippen molar-refractivity contribution in [3.05, 3.63) is 42.7 Å². The quantitative estimate of drug-likeness (QED) is 0.745. The predicted octanol–water partition coefficient (Wildman–Crippen LogP) is 4.04. The van der Waals surface area contributed by atoms with Gasteiger partial charge in [-0.1, -0.05) is 6.92 Å². The summed E-state index contributed by atoms with van der Waals surface area (Å²) in [6.07, 6.45) is 3.15. The van der Waals surface area contributed by atoms with Gasteiger partial charge >= 0.3 is 0 Å². The maximum Gasteiger partial charge on any atom is 0.125 e. The highest BCUT2D eigenvalue weighted by Crippen LogP contribution is 2.28. The Kier molecular flexibility index (Phi) is 3.27. The monoisotopic (exact) mass is 231 g/mol. The number of nitrogens with one attached hydrogen (secondary N) is 2. The van der Waals surface area contributed by atoms with Crippen LogP contribution in [0.25, 0.3) is 10.9 Å². The molecule has 1 radical (unpaired) electrons. The molecule has 0 fully saturated rings. The zero-order chi connectivity index (χ0) is 12.4. The standard InChI is InChI=1S/C14H16FN2/c1-3-11(16)6-9(2)13-8-17-14-7-10(15)4-5-12(13)14/h4-5,7-9,16-17H,1,3,6H2,2H3. The largest absolute Gasteiger partial charge is 0.361 e. The lowest BCUT2D eigenvalue weighted by Crippen LogP contribution is -2.01. The van der Waals surface area contributed by atoms with Gasteiger partial charge in [0.25, 0.3) is 0 Å². The van der Waals surface area contributed by atoms with Crippen LogP contribution in [0.4, 0.5) is 4.39 Å². The van der Waals surface area contributed by atoms with Crippen molar-refractivity contribution < 1.29 is 4.39 Å². The third-order valence-electron chi connectivity index (χ3n) is 3.06. The van der Waals surface area contributed by atoms with Crippen LogP contribution in [0.3, 0.4) is 0 Å². The summed E-state index contributed by atoms with van der Waals surface area (Å²) in [5, 5.41) is 8.72. The molecular formula is C14H16FN2. The predicted molar refractivity (Wildman–Crippen MR) is 69.0 cm³/mol. The Morgan fingerprint density at radius 2 is 2.29 bits per heavy atom. The van der Waals surface area contributed by atoms with Gasteiger partial charge in [-0.25, -0.2) is 4.39 Å². The average Bonchev–Trinajstić information content (AvgIpc) is 2.71. The number of fused-ring (bicyclic) bond motifs is 1. The summed E-state index contributed by atoms with van der Waals surface area (Å²) in [5.41, 5.74) is 2.60. The van der Waals surface area contributed by atoms with Gasteiger partial charge in [0.1, 0.15) is 5.82 Å². The Balaban J connectivity index is 2.32. The number of benzene rings is 1. The highest BCUT2D eigenvalue weighted by molar-refractivity contribution is 5.86. The molecule has 2 rings (SSSR count). The average molecular weight is 231 g/mol. The van der Waals surface area contributed by atoms with E-state index in [1.165, 1.54) is 12.1 Å². The summed E-state index contributed by atoms with van der Waals surface area (Å²) < 4.78 is 13.0. The molecule has 89 valence electrons. The second kappa shape index (κ2) is 4.70. The molecule has 2 aromatic rings. The molecular weight excluding hydrogens is 215 g/mol. The van der Waals surface area contributed by atoms with Crippen molar-refractivity contribution in [1.29, 1.82) is 5.41 Å². The van der Waals surface area contributed by atoms with Gasteiger partial charge in [0.2, 0.25) is 0 Å². The van der Waals surface area contributed by atoms with Crippen LogP contribution in [-0.4, -0.2) is 10.7 Å². The molecule has 1 unspecified atom stereocenters. The molecule has 2 nitrogen and oxygen atoms in total. The number of hydrogen-bond acceptors (Lipinski definition) is 1. The lowest BCUT2D eigenvalue weighted by atomic mass is 9.94. The maximum atomic E-state index is 13.0. The van der Waals surface area contributed by atoms with Gasteiger partial charge in [-0.3, -0.25) is 0 Å².